The molecule has 0 heterocycles. The van der Waals surface area contributed by atoms with Gasteiger partial charge in [-0.25, -0.2) is 0 Å². The molecule has 4 fully saturated rings. The summed E-state index contributed by atoms with van der Waals surface area (Å²) in [6, 6.07) is 0. The molecule has 0 spiro atoms. The zero-order valence-electron chi connectivity index (χ0n) is 19.4. The highest BCUT2D eigenvalue weighted by Gasteiger charge is 2.47. The summed E-state index contributed by atoms with van der Waals surface area (Å²) in [6.45, 7) is 12.3. The second-order valence-electron chi connectivity index (χ2n) is 11.5. The van der Waals surface area contributed by atoms with Crippen molar-refractivity contribution >= 4 is 0 Å². The van der Waals surface area contributed by atoms with Crippen LogP contribution in [0, 0.1) is 53.3 Å². The van der Waals surface area contributed by atoms with E-state index in [2.05, 4.69) is 34.6 Å². The Kier molecular flexibility index (Phi) is 8.16. The molecule has 0 heteroatoms. The summed E-state index contributed by atoms with van der Waals surface area (Å²) in [7, 11) is 0. The molecule has 4 aliphatic carbocycles. The molecule has 0 saturated heterocycles. The lowest BCUT2D eigenvalue weighted by Crippen LogP contribution is -2.42. The van der Waals surface area contributed by atoms with Crippen molar-refractivity contribution in [1.29, 1.82) is 0 Å². The van der Waals surface area contributed by atoms with E-state index in [4.69, 9.17) is 0 Å². The smallest absolute Gasteiger partial charge is 0.0324 e. The molecule has 0 radical (unpaired) electrons. The number of hydrogen-bond donors (Lipinski definition) is 0. The SMILES string of the molecule is CC1CCCC1.CCC1C(C)CC2CCCC2C1C1CCC(C(C)C)CC1. The van der Waals surface area contributed by atoms with E-state index in [0.29, 0.717) is 0 Å². The lowest BCUT2D eigenvalue weighted by atomic mass is 9.56. The van der Waals surface area contributed by atoms with Gasteiger partial charge in [-0.1, -0.05) is 79.6 Å². The molecular formula is C27H50. The summed E-state index contributed by atoms with van der Waals surface area (Å²) in [5.41, 5.74) is 0. The van der Waals surface area contributed by atoms with Gasteiger partial charge in [0.05, 0.1) is 0 Å². The van der Waals surface area contributed by atoms with Crippen molar-refractivity contribution in [3.05, 3.63) is 0 Å². The van der Waals surface area contributed by atoms with E-state index in [0.717, 1.165) is 53.3 Å². The Balaban J connectivity index is 0.000000299. The van der Waals surface area contributed by atoms with E-state index in [9.17, 15) is 0 Å². The Bertz CT molecular complexity index is 408. The van der Waals surface area contributed by atoms with Crippen LogP contribution in [0.25, 0.3) is 0 Å². The van der Waals surface area contributed by atoms with Crippen molar-refractivity contribution in [1.82, 2.24) is 0 Å². The summed E-state index contributed by atoms with van der Waals surface area (Å²) < 4.78 is 0. The summed E-state index contributed by atoms with van der Waals surface area (Å²) in [6.07, 6.45) is 19.8. The summed E-state index contributed by atoms with van der Waals surface area (Å²) in [4.78, 5) is 0. The zero-order valence-corrected chi connectivity index (χ0v) is 19.4. The van der Waals surface area contributed by atoms with Gasteiger partial charge >= 0.3 is 0 Å². The Morgan fingerprint density at radius 1 is 0.741 bits per heavy atom. The van der Waals surface area contributed by atoms with E-state index < -0.39 is 0 Å². The third-order valence-corrected chi connectivity index (χ3v) is 9.53. The monoisotopic (exact) mass is 374 g/mol. The molecule has 0 amide bonds. The molecule has 0 aromatic carbocycles. The lowest BCUT2D eigenvalue weighted by molar-refractivity contribution is -0.00180. The average Bonchev–Trinajstić information content (AvgIpc) is 3.32. The highest BCUT2D eigenvalue weighted by molar-refractivity contribution is 4.96. The zero-order chi connectivity index (χ0) is 19.4. The number of fused-ring (bicyclic) bond motifs is 1. The minimum absolute atomic E-state index is 0.914. The fraction of sp³-hybridized carbons (Fsp3) is 1.00. The van der Waals surface area contributed by atoms with Crippen LogP contribution in [0.1, 0.15) is 118 Å². The van der Waals surface area contributed by atoms with Crippen LogP contribution < -0.4 is 0 Å². The van der Waals surface area contributed by atoms with Gasteiger partial charge in [0.25, 0.3) is 0 Å². The first-order chi connectivity index (χ1) is 13.0. The largest absolute Gasteiger partial charge is 0.0651 e. The maximum atomic E-state index is 2.58. The van der Waals surface area contributed by atoms with Crippen molar-refractivity contribution in [3.63, 3.8) is 0 Å². The molecule has 5 unspecified atom stereocenters. The third-order valence-electron chi connectivity index (χ3n) is 9.53. The first-order valence-electron chi connectivity index (χ1n) is 13.0. The molecule has 0 nitrogen and oxygen atoms in total. The lowest BCUT2D eigenvalue weighted by Gasteiger charge is -2.49. The summed E-state index contributed by atoms with van der Waals surface area (Å²) in [5, 5.41) is 0. The second kappa shape index (κ2) is 10.2. The van der Waals surface area contributed by atoms with E-state index in [1.165, 1.54) is 51.4 Å². The van der Waals surface area contributed by atoms with Crippen molar-refractivity contribution < 1.29 is 0 Å². The van der Waals surface area contributed by atoms with Gasteiger partial charge in [-0.05, 0) is 91.8 Å². The summed E-state index contributed by atoms with van der Waals surface area (Å²) in [5.74, 6) is 9.44. The topological polar surface area (TPSA) is 0 Å². The van der Waals surface area contributed by atoms with Crippen LogP contribution >= 0.6 is 0 Å². The highest BCUT2D eigenvalue weighted by Crippen LogP contribution is 2.56. The van der Waals surface area contributed by atoms with Crippen LogP contribution in [-0.2, 0) is 0 Å². The average molecular weight is 375 g/mol. The van der Waals surface area contributed by atoms with E-state index >= 15 is 0 Å². The Labute approximate surface area is 171 Å². The van der Waals surface area contributed by atoms with E-state index in [-0.39, 0.29) is 0 Å². The molecule has 0 aromatic heterocycles. The predicted molar refractivity (Wildman–Crippen MR) is 120 cm³/mol. The van der Waals surface area contributed by atoms with Crippen LogP contribution in [0.4, 0.5) is 0 Å². The fourth-order valence-corrected chi connectivity index (χ4v) is 7.91. The van der Waals surface area contributed by atoms with Crippen LogP contribution in [0.5, 0.6) is 0 Å². The third kappa shape index (κ3) is 5.33. The molecule has 4 aliphatic rings. The molecule has 4 rings (SSSR count). The first-order valence-corrected chi connectivity index (χ1v) is 13.0. The fourth-order valence-electron chi connectivity index (χ4n) is 7.91. The van der Waals surface area contributed by atoms with Crippen LogP contribution in [0.3, 0.4) is 0 Å². The first kappa shape index (κ1) is 21.7. The molecule has 0 N–H and O–H groups in total. The highest BCUT2D eigenvalue weighted by atomic mass is 14.5. The minimum atomic E-state index is 0.914. The maximum Gasteiger partial charge on any atom is -0.0324 e. The Morgan fingerprint density at radius 3 is 1.93 bits per heavy atom. The van der Waals surface area contributed by atoms with Crippen LogP contribution in [-0.4, -0.2) is 0 Å². The minimum Gasteiger partial charge on any atom is -0.0651 e. The van der Waals surface area contributed by atoms with Gasteiger partial charge in [0.1, 0.15) is 0 Å². The van der Waals surface area contributed by atoms with Gasteiger partial charge in [0, 0.05) is 0 Å². The summed E-state index contributed by atoms with van der Waals surface area (Å²) >= 11 is 0. The molecule has 0 aromatic rings. The second-order valence-corrected chi connectivity index (χ2v) is 11.5. The molecule has 158 valence electrons. The van der Waals surface area contributed by atoms with Crippen molar-refractivity contribution in [2.45, 2.75) is 118 Å². The molecule has 0 aliphatic heterocycles. The molecule has 27 heavy (non-hydrogen) atoms. The van der Waals surface area contributed by atoms with Gasteiger partial charge in [0.2, 0.25) is 0 Å². The van der Waals surface area contributed by atoms with Crippen LogP contribution in [0.15, 0.2) is 0 Å². The molecular weight excluding hydrogens is 324 g/mol. The molecule has 4 saturated carbocycles. The van der Waals surface area contributed by atoms with Crippen molar-refractivity contribution in [2.75, 3.05) is 0 Å². The molecule has 0 bridgehead atoms. The van der Waals surface area contributed by atoms with Gasteiger partial charge in [-0.2, -0.15) is 0 Å². The molecule has 5 atom stereocenters. The van der Waals surface area contributed by atoms with E-state index in [1.54, 1.807) is 32.1 Å². The van der Waals surface area contributed by atoms with E-state index in [1.807, 2.05) is 0 Å². The van der Waals surface area contributed by atoms with Crippen LogP contribution in [0.2, 0.25) is 0 Å². The number of rotatable bonds is 3. The van der Waals surface area contributed by atoms with Crippen molar-refractivity contribution in [2.24, 2.45) is 53.3 Å². The maximum absolute atomic E-state index is 2.58. The van der Waals surface area contributed by atoms with Gasteiger partial charge < -0.3 is 0 Å². The Morgan fingerprint density at radius 2 is 1.41 bits per heavy atom. The van der Waals surface area contributed by atoms with Gasteiger partial charge in [-0.15, -0.1) is 0 Å². The van der Waals surface area contributed by atoms with Crippen molar-refractivity contribution in [3.8, 4) is 0 Å². The predicted octanol–water partition coefficient (Wildman–Crippen LogP) is 8.74. The van der Waals surface area contributed by atoms with Gasteiger partial charge in [-0.3, -0.25) is 0 Å². The Hall–Kier alpha value is 0. The quantitative estimate of drug-likeness (QED) is 0.463. The van der Waals surface area contributed by atoms with Gasteiger partial charge in [0.15, 0.2) is 0 Å². The normalized spacial score (nSPS) is 42.7. The number of hydrogen-bond acceptors (Lipinski definition) is 0. The standard InChI is InChI=1S/C21H38.C6H12/c1-5-19-15(4)13-18-7-6-8-20(18)21(19)17-11-9-16(10-12-17)14(2)3;1-6-4-2-3-5-6/h14-21H,5-13H2,1-4H3;6H,2-5H2,1H3.